The summed E-state index contributed by atoms with van der Waals surface area (Å²) < 4.78 is 0. The first kappa shape index (κ1) is 8.27. The number of hydrogen-bond donors (Lipinski definition) is 2. The molecule has 0 saturated carbocycles. The lowest BCUT2D eigenvalue weighted by Gasteiger charge is -2.22. The molecule has 0 saturated heterocycles. The van der Waals surface area contributed by atoms with Crippen LogP contribution in [0.25, 0.3) is 0 Å². The van der Waals surface area contributed by atoms with Gasteiger partial charge in [-0.2, -0.15) is 0 Å². The van der Waals surface area contributed by atoms with E-state index in [0.29, 0.717) is 0 Å². The van der Waals surface area contributed by atoms with Crippen molar-refractivity contribution >= 4 is 5.91 Å². The molecule has 62 valence electrons. The first-order valence-corrected chi connectivity index (χ1v) is 3.62. The Morgan fingerprint density at radius 2 is 2.09 bits per heavy atom. The molecule has 0 aromatic heterocycles. The Morgan fingerprint density at radius 1 is 1.55 bits per heavy atom. The number of carbonyl (C=O) groups excluding carboxylic acids is 1. The Balaban J connectivity index is 2.88. The molecule has 2 N–H and O–H groups in total. The van der Waals surface area contributed by atoms with Crippen LogP contribution < -0.4 is 5.32 Å². The zero-order chi connectivity index (χ0) is 8.65. The van der Waals surface area contributed by atoms with Crippen LogP contribution in [0, 0.1) is 5.41 Å². The summed E-state index contributed by atoms with van der Waals surface area (Å²) in [6.07, 6.45) is 0.674. The van der Waals surface area contributed by atoms with E-state index in [2.05, 4.69) is 5.32 Å². The van der Waals surface area contributed by atoms with Gasteiger partial charge in [-0.15, -0.1) is 0 Å². The molecule has 0 aliphatic carbocycles. The quantitative estimate of drug-likeness (QED) is 0.532. The third-order valence-corrected chi connectivity index (χ3v) is 1.73. The minimum absolute atomic E-state index is 0.140. The minimum atomic E-state index is -0.789. The normalized spacial score (nSPS) is 24.9. The highest BCUT2D eigenvalue weighted by atomic mass is 16.3. The molecule has 3 nitrogen and oxygen atoms in total. The van der Waals surface area contributed by atoms with Crippen LogP contribution in [0.15, 0.2) is 11.6 Å². The van der Waals surface area contributed by atoms with Crippen molar-refractivity contribution in [3.8, 4) is 0 Å². The monoisotopic (exact) mass is 155 g/mol. The van der Waals surface area contributed by atoms with Crippen molar-refractivity contribution in [1.29, 1.82) is 0 Å². The average Bonchev–Trinajstić information content (AvgIpc) is 2.08. The molecule has 0 bridgehead atoms. The molecular formula is C8H13NO2. The summed E-state index contributed by atoms with van der Waals surface area (Å²) in [5.41, 5.74) is 0.612. The van der Waals surface area contributed by atoms with Gasteiger partial charge in [-0.05, 0) is 11.0 Å². The number of rotatable bonds is 0. The summed E-state index contributed by atoms with van der Waals surface area (Å²) >= 11 is 0. The Labute approximate surface area is 66.1 Å². The lowest BCUT2D eigenvalue weighted by atomic mass is 9.86. The second-order valence-corrected chi connectivity index (χ2v) is 3.76. The Kier molecular flexibility index (Phi) is 1.76. The van der Waals surface area contributed by atoms with Crippen LogP contribution >= 0.6 is 0 Å². The molecular weight excluding hydrogens is 142 g/mol. The number of amides is 1. The zero-order valence-corrected chi connectivity index (χ0v) is 7.01. The van der Waals surface area contributed by atoms with Gasteiger partial charge in [-0.3, -0.25) is 4.79 Å². The maximum Gasteiger partial charge on any atom is 0.246 e. The zero-order valence-electron chi connectivity index (χ0n) is 7.01. The molecule has 0 spiro atoms. The molecule has 3 heteroatoms. The smallest absolute Gasteiger partial charge is 0.246 e. The third-order valence-electron chi connectivity index (χ3n) is 1.73. The van der Waals surface area contributed by atoms with E-state index in [1.54, 1.807) is 0 Å². The van der Waals surface area contributed by atoms with Gasteiger partial charge in [0.2, 0.25) is 5.91 Å². The maximum absolute atomic E-state index is 10.8. The van der Waals surface area contributed by atoms with E-state index < -0.39 is 6.23 Å². The number of carbonyl (C=O) groups is 1. The fraction of sp³-hybridized carbons (Fsp3) is 0.625. The maximum atomic E-state index is 10.8. The van der Waals surface area contributed by atoms with E-state index in [9.17, 15) is 9.90 Å². The van der Waals surface area contributed by atoms with Crippen LogP contribution in [0.2, 0.25) is 0 Å². The molecule has 1 rings (SSSR count). The fourth-order valence-corrected chi connectivity index (χ4v) is 1.10. The molecule has 1 amide bonds. The second kappa shape index (κ2) is 2.34. The standard InChI is InChI=1S/C8H13NO2/c1-8(2,3)5-4-6(10)9-7(5)11/h4,7,11H,1-3H3,(H,9,10). The van der Waals surface area contributed by atoms with Gasteiger partial charge in [0, 0.05) is 6.08 Å². The number of aliphatic hydroxyl groups excluding tert-OH is 1. The van der Waals surface area contributed by atoms with Crippen molar-refractivity contribution in [1.82, 2.24) is 5.32 Å². The Morgan fingerprint density at radius 3 is 2.27 bits per heavy atom. The van der Waals surface area contributed by atoms with Crippen molar-refractivity contribution in [2.45, 2.75) is 27.0 Å². The molecule has 11 heavy (non-hydrogen) atoms. The Bertz CT molecular complexity index is 213. The number of aliphatic hydroxyl groups is 1. The summed E-state index contributed by atoms with van der Waals surface area (Å²) in [6.45, 7) is 5.88. The fourth-order valence-electron chi connectivity index (χ4n) is 1.10. The summed E-state index contributed by atoms with van der Waals surface area (Å²) in [5, 5.41) is 11.7. The molecule has 0 fully saturated rings. The second-order valence-electron chi connectivity index (χ2n) is 3.76. The molecule has 1 heterocycles. The molecule has 1 aliphatic heterocycles. The summed E-state index contributed by atoms with van der Waals surface area (Å²) in [6, 6.07) is 0. The van der Waals surface area contributed by atoms with E-state index >= 15 is 0 Å². The number of hydrogen-bond acceptors (Lipinski definition) is 2. The predicted molar refractivity (Wildman–Crippen MR) is 41.7 cm³/mol. The summed E-state index contributed by atoms with van der Waals surface area (Å²) in [5.74, 6) is -0.206. The molecule has 0 aromatic carbocycles. The summed E-state index contributed by atoms with van der Waals surface area (Å²) in [4.78, 5) is 10.8. The first-order valence-electron chi connectivity index (χ1n) is 3.62. The third kappa shape index (κ3) is 1.60. The lowest BCUT2D eigenvalue weighted by molar-refractivity contribution is -0.117. The van der Waals surface area contributed by atoms with Crippen LogP contribution in [-0.4, -0.2) is 17.2 Å². The highest BCUT2D eigenvalue weighted by molar-refractivity contribution is 5.91. The van der Waals surface area contributed by atoms with Gasteiger partial charge >= 0.3 is 0 Å². The van der Waals surface area contributed by atoms with Crippen molar-refractivity contribution in [3.63, 3.8) is 0 Å². The van der Waals surface area contributed by atoms with Crippen molar-refractivity contribution < 1.29 is 9.90 Å². The highest BCUT2D eigenvalue weighted by Gasteiger charge is 2.29. The average molecular weight is 155 g/mol. The molecule has 1 atom stereocenters. The molecule has 0 aromatic rings. The van der Waals surface area contributed by atoms with Gasteiger partial charge in [-0.1, -0.05) is 20.8 Å². The highest BCUT2D eigenvalue weighted by Crippen LogP contribution is 2.29. The number of nitrogens with one attached hydrogen (secondary N) is 1. The van der Waals surface area contributed by atoms with Gasteiger partial charge in [-0.25, -0.2) is 0 Å². The SMILES string of the molecule is CC(C)(C)C1=CC(=O)NC1O. The van der Waals surface area contributed by atoms with Gasteiger partial charge in [0.25, 0.3) is 0 Å². The molecule has 1 unspecified atom stereocenters. The van der Waals surface area contributed by atoms with Crippen molar-refractivity contribution in [2.24, 2.45) is 5.41 Å². The Hall–Kier alpha value is -0.830. The van der Waals surface area contributed by atoms with Crippen molar-refractivity contribution in [2.75, 3.05) is 0 Å². The van der Waals surface area contributed by atoms with Crippen LogP contribution in [-0.2, 0) is 4.79 Å². The van der Waals surface area contributed by atoms with Crippen LogP contribution in [0.3, 0.4) is 0 Å². The lowest BCUT2D eigenvalue weighted by Crippen LogP contribution is -2.31. The van der Waals surface area contributed by atoms with E-state index in [4.69, 9.17) is 0 Å². The first-order chi connectivity index (χ1) is 4.91. The van der Waals surface area contributed by atoms with Crippen LogP contribution in [0.1, 0.15) is 20.8 Å². The topological polar surface area (TPSA) is 49.3 Å². The largest absolute Gasteiger partial charge is 0.370 e. The van der Waals surface area contributed by atoms with Crippen LogP contribution in [0.4, 0.5) is 0 Å². The summed E-state index contributed by atoms with van der Waals surface area (Å²) in [7, 11) is 0. The van der Waals surface area contributed by atoms with Gasteiger partial charge < -0.3 is 10.4 Å². The van der Waals surface area contributed by atoms with E-state index in [0.717, 1.165) is 5.57 Å². The van der Waals surface area contributed by atoms with E-state index in [-0.39, 0.29) is 11.3 Å². The van der Waals surface area contributed by atoms with Crippen LogP contribution in [0.5, 0.6) is 0 Å². The predicted octanol–water partition coefficient (Wildman–Crippen LogP) is 0.407. The molecule has 1 aliphatic rings. The van der Waals surface area contributed by atoms with Gasteiger partial charge in [0.05, 0.1) is 0 Å². The minimum Gasteiger partial charge on any atom is -0.370 e. The van der Waals surface area contributed by atoms with E-state index in [1.165, 1.54) is 6.08 Å². The van der Waals surface area contributed by atoms with Gasteiger partial charge in [0.1, 0.15) is 6.23 Å². The van der Waals surface area contributed by atoms with Crippen molar-refractivity contribution in [3.05, 3.63) is 11.6 Å². The van der Waals surface area contributed by atoms with Gasteiger partial charge in [0.15, 0.2) is 0 Å². The molecule has 0 radical (unpaired) electrons. The van der Waals surface area contributed by atoms with E-state index in [1.807, 2.05) is 20.8 Å².